The minimum Gasteiger partial charge on any atom is -0.310 e. The molecule has 0 aliphatic heterocycles. The number of hydrogen-bond acceptors (Lipinski definition) is 5. The zero-order valence-corrected chi connectivity index (χ0v) is 16.3. The first-order chi connectivity index (χ1) is 12.9. The molecule has 0 spiro atoms. The van der Waals surface area contributed by atoms with Gasteiger partial charge in [0, 0.05) is 12.2 Å². The molecule has 0 bridgehead atoms. The van der Waals surface area contributed by atoms with Crippen LogP contribution in [0.5, 0.6) is 0 Å². The average Bonchev–Trinajstić information content (AvgIpc) is 3.01. The number of imidazole rings is 1. The van der Waals surface area contributed by atoms with Gasteiger partial charge in [0.25, 0.3) is 0 Å². The van der Waals surface area contributed by atoms with Crippen molar-refractivity contribution in [3.8, 4) is 6.07 Å². The number of nitrogens with zero attached hydrogens (tertiary/aromatic N) is 6. The van der Waals surface area contributed by atoms with Crippen LogP contribution in [0.2, 0.25) is 10.4 Å². The third-order valence-corrected chi connectivity index (χ3v) is 4.68. The lowest BCUT2D eigenvalue weighted by atomic mass is 10.1. The van der Waals surface area contributed by atoms with Crippen LogP contribution in [0.3, 0.4) is 0 Å². The second-order valence-electron chi connectivity index (χ2n) is 6.05. The third-order valence-electron chi connectivity index (χ3n) is 4.25. The van der Waals surface area contributed by atoms with Gasteiger partial charge in [0.1, 0.15) is 12.1 Å². The summed E-state index contributed by atoms with van der Waals surface area (Å²) in [6, 6.07) is 7.85. The van der Waals surface area contributed by atoms with Gasteiger partial charge in [0.2, 0.25) is 11.2 Å². The van der Waals surface area contributed by atoms with E-state index in [0.717, 1.165) is 16.8 Å². The van der Waals surface area contributed by atoms with Gasteiger partial charge in [-0.3, -0.25) is 4.79 Å². The van der Waals surface area contributed by atoms with Crippen LogP contribution in [0.15, 0.2) is 24.5 Å². The number of carbonyl (C=O) groups excluding carboxylic acids is 1. The highest BCUT2D eigenvalue weighted by Gasteiger charge is 2.19. The molecule has 0 aliphatic rings. The number of halogens is 2. The summed E-state index contributed by atoms with van der Waals surface area (Å²) in [7, 11) is 0. The summed E-state index contributed by atoms with van der Waals surface area (Å²) >= 11 is 11.9. The number of hydrogen-bond donors (Lipinski definition) is 0. The predicted octanol–water partition coefficient (Wildman–Crippen LogP) is 3.70. The number of carbonyl (C=O) groups is 1. The number of amides is 1. The number of fused-ring (bicyclic) bond motifs is 1. The lowest BCUT2D eigenvalue weighted by Gasteiger charge is -2.23. The number of aryl methyl sites for hydroxylation is 2. The van der Waals surface area contributed by atoms with E-state index in [1.54, 1.807) is 9.47 Å². The molecule has 2 aromatic heterocycles. The van der Waals surface area contributed by atoms with Gasteiger partial charge < -0.3 is 9.47 Å². The van der Waals surface area contributed by atoms with Gasteiger partial charge in [-0.2, -0.15) is 10.2 Å². The largest absolute Gasteiger partial charge is 0.310 e. The summed E-state index contributed by atoms with van der Waals surface area (Å²) in [5.74, 6) is -0.196. The number of nitriles is 1. The summed E-state index contributed by atoms with van der Waals surface area (Å²) in [6.45, 7) is 4.26. The topological polar surface area (TPSA) is 87.7 Å². The van der Waals surface area contributed by atoms with Gasteiger partial charge in [-0.15, -0.1) is 0 Å². The van der Waals surface area contributed by atoms with Crippen molar-refractivity contribution in [2.75, 3.05) is 11.4 Å². The highest BCUT2D eigenvalue weighted by molar-refractivity contribution is 6.35. The Bertz CT molecular complexity index is 1060. The van der Waals surface area contributed by atoms with E-state index in [2.05, 4.69) is 21.0 Å². The summed E-state index contributed by atoms with van der Waals surface area (Å²) in [4.78, 5) is 26.7. The standard InChI is InChI=1S/C18H16Cl2N6O/c1-11-4-5-13(8-12(11)2)26(7-3-6-21)14(27)9-25-10-22-15-16(19)23-18(20)24-17(15)25/h4-5,8,10H,3,7,9H2,1-2H3. The maximum Gasteiger partial charge on any atom is 0.247 e. The van der Waals surface area contributed by atoms with Gasteiger partial charge in [-0.25, -0.2) is 9.97 Å². The van der Waals surface area contributed by atoms with E-state index in [9.17, 15) is 4.79 Å². The molecule has 0 aliphatic carbocycles. The Morgan fingerprint density at radius 1 is 1.26 bits per heavy atom. The van der Waals surface area contributed by atoms with Crippen molar-refractivity contribution in [2.24, 2.45) is 0 Å². The monoisotopic (exact) mass is 402 g/mol. The van der Waals surface area contributed by atoms with Crippen LogP contribution in [-0.4, -0.2) is 32.0 Å². The fourth-order valence-electron chi connectivity index (χ4n) is 2.68. The zero-order chi connectivity index (χ0) is 19.6. The van der Waals surface area contributed by atoms with E-state index in [4.69, 9.17) is 28.5 Å². The second kappa shape index (κ2) is 7.91. The maximum absolute atomic E-state index is 13.0. The molecule has 27 heavy (non-hydrogen) atoms. The summed E-state index contributed by atoms with van der Waals surface area (Å²) in [5.41, 5.74) is 3.71. The van der Waals surface area contributed by atoms with Crippen LogP contribution in [0.25, 0.3) is 11.2 Å². The fraction of sp³-hybridized carbons (Fsp3) is 0.278. The van der Waals surface area contributed by atoms with E-state index < -0.39 is 0 Å². The van der Waals surface area contributed by atoms with Crippen molar-refractivity contribution in [1.29, 1.82) is 5.26 Å². The lowest BCUT2D eigenvalue weighted by Crippen LogP contribution is -2.34. The molecule has 3 aromatic rings. The Morgan fingerprint density at radius 3 is 2.74 bits per heavy atom. The molecular weight excluding hydrogens is 387 g/mol. The smallest absolute Gasteiger partial charge is 0.247 e. The molecular formula is C18H16Cl2N6O. The third kappa shape index (κ3) is 4.02. The first-order valence-corrected chi connectivity index (χ1v) is 8.94. The molecule has 3 rings (SSSR count). The van der Waals surface area contributed by atoms with Crippen molar-refractivity contribution in [1.82, 2.24) is 19.5 Å². The van der Waals surface area contributed by atoms with Crippen molar-refractivity contribution in [3.63, 3.8) is 0 Å². The molecule has 138 valence electrons. The number of benzene rings is 1. The van der Waals surface area contributed by atoms with Crippen LogP contribution in [0, 0.1) is 25.2 Å². The molecule has 9 heteroatoms. The molecule has 0 radical (unpaired) electrons. The Morgan fingerprint density at radius 2 is 2.04 bits per heavy atom. The molecule has 0 saturated carbocycles. The molecule has 0 fully saturated rings. The molecule has 7 nitrogen and oxygen atoms in total. The van der Waals surface area contributed by atoms with Crippen LogP contribution in [0.4, 0.5) is 5.69 Å². The molecule has 1 amide bonds. The Balaban J connectivity index is 1.93. The van der Waals surface area contributed by atoms with Gasteiger partial charge >= 0.3 is 0 Å². The van der Waals surface area contributed by atoms with Crippen LogP contribution in [-0.2, 0) is 11.3 Å². The Hall–Kier alpha value is -2.69. The van der Waals surface area contributed by atoms with Gasteiger partial charge in [0.05, 0.1) is 18.8 Å². The maximum atomic E-state index is 13.0. The fourth-order valence-corrected chi connectivity index (χ4v) is 3.11. The van der Waals surface area contributed by atoms with Crippen molar-refractivity contribution in [2.45, 2.75) is 26.8 Å². The summed E-state index contributed by atoms with van der Waals surface area (Å²) < 4.78 is 1.57. The molecule has 0 N–H and O–H groups in total. The second-order valence-corrected chi connectivity index (χ2v) is 6.75. The highest BCUT2D eigenvalue weighted by Crippen LogP contribution is 2.22. The van der Waals surface area contributed by atoms with E-state index in [0.29, 0.717) is 17.7 Å². The van der Waals surface area contributed by atoms with Crippen molar-refractivity contribution in [3.05, 3.63) is 46.1 Å². The molecule has 2 heterocycles. The van der Waals surface area contributed by atoms with E-state index >= 15 is 0 Å². The SMILES string of the molecule is Cc1ccc(N(CCC#N)C(=O)Cn2cnc3c(Cl)nc(Cl)nc32)cc1C. The first-order valence-electron chi connectivity index (χ1n) is 8.19. The zero-order valence-electron chi connectivity index (χ0n) is 14.8. The highest BCUT2D eigenvalue weighted by atomic mass is 35.5. The number of aromatic nitrogens is 4. The van der Waals surface area contributed by atoms with Crippen LogP contribution >= 0.6 is 23.2 Å². The van der Waals surface area contributed by atoms with Crippen LogP contribution < -0.4 is 4.90 Å². The first kappa shape index (κ1) is 19.1. The predicted molar refractivity (Wildman–Crippen MR) is 104 cm³/mol. The molecule has 0 saturated heterocycles. The lowest BCUT2D eigenvalue weighted by molar-refractivity contribution is -0.119. The molecule has 0 atom stereocenters. The summed E-state index contributed by atoms with van der Waals surface area (Å²) in [6.07, 6.45) is 1.70. The van der Waals surface area contributed by atoms with Gasteiger partial charge in [0.15, 0.2) is 10.8 Å². The molecule has 1 aromatic carbocycles. The number of rotatable bonds is 5. The summed E-state index contributed by atoms with van der Waals surface area (Å²) in [5, 5.41) is 9.07. The van der Waals surface area contributed by atoms with Gasteiger partial charge in [-0.1, -0.05) is 17.7 Å². The average molecular weight is 403 g/mol. The quantitative estimate of drug-likeness (QED) is 0.479. The van der Waals surface area contributed by atoms with E-state index in [-0.39, 0.29) is 29.3 Å². The normalized spacial score (nSPS) is 10.8. The number of anilines is 1. The van der Waals surface area contributed by atoms with E-state index in [1.807, 2.05) is 32.0 Å². The van der Waals surface area contributed by atoms with Crippen molar-refractivity contribution < 1.29 is 4.79 Å². The molecule has 0 unspecified atom stereocenters. The minimum absolute atomic E-state index is 0.0154. The minimum atomic E-state index is -0.196. The van der Waals surface area contributed by atoms with Crippen molar-refractivity contribution >= 4 is 46.0 Å². The van der Waals surface area contributed by atoms with E-state index in [1.165, 1.54) is 6.33 Å². The van der Waals surface area contributed by atoms with Crippen LogP contribution in [0.1, 0.15) is 17.5 Å². The Kier molecular flexibility index (Phi) is 5.59. The Labute approximate surface area is 166 Å². The van der Waals surface area contributed by atoms with Gasteiger partial charge in [-0.05, 0) is 48.7 Å².